The van der Waals surface area contributed by atoms with Gasteiger partial charge in [-0.05, 0) is 86.2 Å². The second kappa shape index (κ2) is 10.3. The molecule has 33 heavy (non-hydrogen) atoms. The van der Waals surface area contributed by atoms with Crippen LogP contribution in [-0.2, 0) is 24.2 Å². The van der Waals surface area contributed by atoms with E-state index in [1.807, 2.05) is 35.5 Å². The van der Waals surface area contributed by atoms with E-state index in [0.717, 1.165) is 36.3 Å². The van der Waals surface area contributed by atoms with Crippen LogP contribution < -0.4 is 9.04 Å². The molecule has 1 heterocycles. The number of benzene rings is 2. The van der Waals surface area contributed by atoms with Gasteiger partial charge in [-0.2, -0.15) is 0 Å². The number of halogens is 1. The minimum absolute atomic E-state index is 0.202. The number of nitrogens with zero attached hydrogens (tertiary/aromatic N) is 1. The van der Waals surface area contributed by atoms with Gasteiger partial charge in [0.15, 0.2) is 5.09 Å². The Hall–Kier alpha value is -2.93. The molecular weight excluding hydrogens is 441 g/mol. The molecule has 0 bridgehead atoms. The lowest BCUT2D eigenvalue weighted by Crippen LogP contribution is -2.23. The van der Waals surface area contributed by atoms with E-state index in [2.05, 4.69) is 12.1 Å². The molecule has 1 aliphatic rings. The first-order valence-electron chi connectivity index (χ1n) is 11.0. The zero-order valence-electron chi connectivity index (χ0n) is 19.1. The SMILES string of the molecule is COC(=O)c1ccc(COc2cc3c(cc2N(CC(C)F)Sc2ccc(C)o2)CCC3)cc1. The number of alkyl halides is 1. The predicted molar refractivity (Wildman–Crippen MR) is 128 cm³/mol. The van der Waals surface area contributed by atoms with Crippen molar-refractivity contribution in [2.45, 2.75) is 51.0 Å². The number of hydrogen-bond acceptors (Lipinski definition) is 6. The molecule has 0 N–H and O–H groups in total. The van der Waals surface area contributed by atoms with Gasteiger partial charge >= 0.3 is 5.97 Å². The largest absolute Gasteiger partial charge is 0.487 e. The average Bonchev–Trinajstić information content (AvgIpc) is 3.44. The molecule has 3 aromatic rings. The number of rotatable bonds is 9. The standard InChI is InChI=1S/C26H28FNO4S/c1-17(27)15-28(33-25-12-7-18(2)32-25)23-13-21-5-4-6-22(21)14-24(23)31-16-19-8-10-20(11-9-19)26(29)30-3/h7-14,17H,4-6,15-16H2,1-3H3. The van der Waals surface area contributed by atoms with E-state index in [-0.39, 0.29) is 12.5 Å². The van der Waals surface area contributed by atoms with E-state index in [9.17, 15) is 9.18 Å². The highest BCUT2D eigenvalue weighted by molar-refractivity contribution is 8.00. The summed E-state index contributed by atoms with van der Waals surface area (Å²) in [5.41, 5.74) is 4.82. The van der Waals surface area contributed by atoms with Gasteiger partial charge in [-0.3, -0.25) is 0 Å². The lowest BCUT2D eigenvalue weighted by Gasteiger charge is -2.26. The third-order valence-electron chi connectivity index (χ3n) is 5.54. The van der Waals surface area contributed by atoms with Crippen LogP contribution in [0.5, 0.6) is 5.75 Å². The number of aryl methyl sites for hydroxylation is 3. The zero-order chi connectivity index (χ0) is 23.4. The highest BCUT2D eigenvalue weighted by atomic mass is 32.2. The molecule has 0 saturated heterocycles. The number of anilines is 1. The number of ether oxygens (including phenoxy) is 2. The van der Waals surface area contributed by atoms with Gasteiger partial charge in [0.2, 0.25) is 0 Å². The number of furan rings is 1. The topological polar surface area (TPSA) is 51.9 Å². The zero-order valence-corrected chi connectivity index (χ0v) is 19.9. The lowest BCUT2D eigenvalue weighted by atomic mass is 10.1. The first-order valence-corrected chi connectivity index (χ1v) is 11.8. The number of esters is 1. The molecule has 5 nitrogen and oxygen atoms in total. The van der Waals surface area contributed by atoms with Crippen LogP contribution in [0.2, 0.25) is 0 Å². The molecule has 174 valence electrons. The maximum Gasteiger partial charge on any atom is 0.337 e. The fourth-order valence-electron chi connectivity index (χ4n) is 3.90. The smallest absolute Gasteiger partial charge is 0.337 e. The second-order valence-corrected chi connectivity index (χ2v) is 9.24. The summed E-state index contributed by atoms with van der Waals surface area (Å²) < 4.78 is 32.8. The van der Waals surface area contributed by atoms with Crippen molar-refractivity contribution in [2.75, 3.05) is 18.0 Å². The van der Waals surface area contributed by atoms with E-state index in [1.54, 1.807) is 19.1 Å². The summed E-state index contributed by atoms with van der Waals surface area (Å²) in [7, 11) is 1.36. The Morgan fingerprint density at radius 3 is 2.52 bits per heavy atom. The molecule has 4 rings (SSSR count). The summed E-state index contributed by atoms with van der Waals surface area (Å²) in [6.45, 7) is 3.98. The quantitative estimate of drug-likeness (QED) is 0.270. The van der Waals surface area contributed by atoms with Gasteiger partial charge in [-0.15, -0.1) is 0 Å². The van der Waals surface area contributed by atoms with Crippen LogP contribution in [0.1, 0.15) is 46.2 Å². The van der Waals surface area contributed by atoms with E-state index in [1.165, 1.54) is 30.2 Å². The van der Waals surface area contributed by atoms with Crippen LogP contribution in [0.15, 0.2) is 58.0 Å². The minimum Gasteiger partial charge on any atom is -0.487 e. The summed E-state index contributed by atoms with van der Waals surface area (Å²) in [5, 5.41) is 0.706. The second-order valence-electron chi connectivity index (χ2n) is 8.22. The number of methoxy groups -OCH3 is 1. The Balaban J connectivity index is 1.60. The number of hydrogen-bond donors (Lipinski definition) is 0. The van der Waals surface area contributed by atoms with Crippen molar-refractivity contribution in [3.8, 4) is 5.75 Å². The fourth-order valence-corrected chi connectivity index (χ4v) is 4.93. The molecule has 7 heteroatoms. The van der Waals surface area contributed by atoms with Gasteiger partial charge in [0.25, 0.3) is 0 Å². The van der Waals surface area contributed by atoms with Crippen molar-refractivity contribution in [1.82, 2.24) is 0 Å². The van der Waals surface area contributed by atoms with Gasteiger partial charge in [-0.25, -0.2) is 9.18 Å². The van der Waals surface area contributed by atoms with Gasteiger partial charge < -0.3 is 18.2 Å². The van der Waals surface area contributed by atoms with Gasteiger partial charge in [0, 0.05) is 11.9 Å². The highest BCUT2D eigenvalue weighted by Gasteiger charge is 2.23. The van der Waals surface area contributed by atoms with Crippen molar-refractivity contribution in [3.63, 3.8) is 0 Å². The molecular formula is C26H28FNO4S. The van der Waals surface area contributed by atoms with Crippen LogP contribution in [0, 0.1) is 6.92 Å². The number of fused-ring (bicyclic) bond motifs is 1. The van der Waals surface area contributed by atoms with Crippen LogP contribution in [0.3, 0.4) is 0 Å². The van der Waals surface area contributed by atoms with Crippen molar-refractivity contribution in [3.05, 3.63) is 76.5 Å². The molecule has 0 fully saturated rings. The summed E-state index contributed by atoms with van der Waals surface area (Å²) >= 11 is 1.38. The highest BCUT2D eigenvalue weighted by Crippen LogP contribution is 2.41. The third kappa shape index (κ3) is 5.71. The van der Waals surface area contributed by atoms with Crippen molar-refractivity contribution >= 4 is 23.6 Å². The minimum atomic E-state index is -1.03. The van der Waals surface area contributed by atoms with Crippen LogP contribution in [0.4, 0.5) is 10.1 Å². The fraction of sp³-hybridized carbons (Fsp3) is 0.346. The van der Waals surface area contributed by atoms with Crippen LogP contribution >= 0.6 is 11.9 Å². The Morgan fingerprint density at radius 1 is 1.15 bits per heavy atom. The van der Waals surface area contributed by atoms with Crippen LogP contribution in [0.25, 0.3) is 0 Å². The van der Waals surface area contributed by atoms with Gasteiger partial charge in [0.1, 0.15) is 24.3 Å². The molecule has 1 atom stereocenters. The maximum atomic E-state index is 14.2. The molecule has 1 unspecified atom stereocenters. The van der Waals surface area contributed by atoms with Crippen molar-refractivity contribution in [1.29, 1.82) is 0 Å². The predicted octanol–water partition coefficient (Wildman–Crippen LogP) is 6.31. The Morgan fingerprint density at radius 2 is 1.88 bits per heavy atom. The van der Waals surface area contributed by atoms with E-state index < -0.39 is 6.17 Å². The molecule has 2 aromatic carbocycles. The van der Waals surface area contributed by atoms with Crippen LogP contribution in [-0.4, -0.2) is 25.8 Å². The first kappa shape index (κ1) is 23.2. The van der Waals surface area contributed by atoms with E-state index >= 15 is 0 Å². The molecule has 0 saturated carbocycles. The summed E-state index contributed by atoms with van der Waals surface area (Å²) in [5.74, 6) is 1.15. The molecule has 0 aliphatic heterocycles. The lowest BCUT2D eigenvalue weighted by molar-refractivity contribution is 0.0600. The van der Waals surface area contributed by atoms with Crippen molar-refractivity contribution in [2.24, 2.45) is 0 Å². The van der Waals surface area contributed by atoms with E-state index in [4.69, 9.17) is 13.9 Å². The molecule has 0 spiro atoms. The van der Waals surface area contributed by atoms with Gasteiger partial charge in [0.05, 0.1) is 24.9 Å². The van der Waals surface area contributed by atoms with Gasteiger partial charge in [-0.1, -0.05) is 12.1 Å². The average molecular weight is 470 g/mol. The van der Waals surface area contributed by atoms with Crippen molar-refractivity contribution < 1.29 is 23.1 Å². The summed E-state index contributed by atoms with van der Waals surface area (Å²) in [6.07, 6.45) is 2.11. The molecule has 0 radical (unpaired) electrons. The molecule has 0 amide bonds. The normalized spacial score (nSPS) is 13.5. The summed E-state index contributed by atoms with van der Waals surface area (Å²) in [6, 6.07) is 15.2. The molecule has 1 aromatic heterocycles. The van der Waals surface area contributed by atoms with E-state index in [0.29, 0.717) is 23.0 Å². The maximum absolute atomic E-state index is 14.2. The first-order chi connectivity index (χ1) is 15.9. The third-order valence-corrected chi connectivity index (χ3v) is 6.51. The Labute approximate surface area is 198 Å². The number of carbonyl (C=O) groups excluding carboxylic acids is 1. The molecule has 1 aliphatic carbocycles. The Bertz CT molecular complexity index is 1110. The number of carbonyl (C=O) groups is 1. The monoisotopic (exact) mass is 469 g/mol. The summed E-state index contributed by atoms with van der Waals surface area (Å²) in [4.78, 5) is 11.7. The Kier molecular flexibility index (Phi) is 7.28.